The number of nitrogen functional groups attached to an aromatic ring is 1. The van der Waals surface area contributed by atoms with Crippen LogP contribution < -0.4 is 16.6 Å². The van der Waals surface area contributed by atoms with E-state index in [0.717, 1.165) is 11.4 Å². The first-order valence-electron chi connectivity index (χ1n) is 5.52. The Morgan fingerprint density at radius 2 is 1.94 bits per heavy atom. The van der Waals surface area contributed by atoms with E-state index in [-0.39, 0.29) is 0 Å². The third kappa shape index (κ3) is 2.13. The van der Waals surface area contributed by atoms with Gasteiger partial charge in [0.05, 0.1) is 0 Å². The summed E-state index contributed by atoms with van der Waals surface area (Å²) in [5.41, 5.74) is 4.53. The highest BCUT2D eigenvalue weighted by Gasteiger charge is 1.99. The quantitative estimate of drug-likeness (QED) is 0.497. The molecule has 3 rings (SSSR count). The highest BCUT2D eigenvalue weighted by molar-refractivity contribution is 7.17. The van der Waals surface area contributed by atoms with E-state index in [1.807, 2.05) is 12.1 Å². The average Bonchev–Trinajstić information content (AvgIpc) is 2.86. The van der Waals surface area contributed by atoms with E-state index in [0.29, 0.717) is 5.82 Å². The lowest BCUT2D eigenvalue weighted by atomic mass is 10.2. The van der Waals surface area contributed by atoms with Crippen LogP contribution in [0.1, 0.15) is 0 Å². The van der Waals surface area contributed by atoms with Crippen molar-refractivity contribution in [3.63, 3.8) is 0 Å². The van der Waals surface area contributed by atoms with Gasteiger partial charge in [-0.15, -0.1) is 11.3 Å². The molecule has 0 fully saturated rings. The number of benzene rings is 1. The lowest BCUT2D eigenvalue weighted by molar-refractivity contribution is 1.23. The first-order valence-corrected chi connectivity index (χ1v) is 6.40. The van der Waals surface area contributed by atoms with Crippen LogP contribution in [0.2, 0.25) is 0 Å². The number of hydrazine groups is 1. The molecule has 4 nitrogen and oxygen atoms in total. The molecule has 0 unspecified atom stereocenters. The minimum absolute atomic E-state index is 0.636. The van der Waals surface area contributed by atoms with Crippen molar-refractivity contribution in [2.45, 2.75) is 0 Å². The van der Waals surface area contributed by atoms with Crippen molar-refractivity contribution in [2.75, 3.05) is 10.7 Å². The van der Waals surface area contributed by atoms with E-state index >= 15 is 0 Å². The molecular formula is C13H12N4S. The molecule has 0 aliphatic rings. The van der Waals surface area contributed by atoms with Crippen LogP contribution in [0.4, 0.5) is 17.2 Å². The van der Waals surface area contributed by atoms with Crippen LogP contribution >= 0.6 is 11.3 Å². The molecular weight excluding hydrogens is 244 g/mol. The Kier molecular flexibility index (Phi) is 2.84. The molecule has 1 aromatic carbocycles. The maximum atomic E-state index is 5.33. The van der Waals surface area contributed by atoms with Gasteiger partial charge in [-0.05, 0) is 41.1 Å². The van der Waals surface area contributed by atoms with E-state index in [1.165, 1.54) is 10.1 Å². The number of anilines is 3. The highest BCUT2D eigenvalue weighted by atomic mass is 32.1. The van der Waals surface area contributed by atoms with E-state index in [1.54, 1.807) is 17.5 Å². The largest absolute Gasteiger partial charge is 0.355 e. The van der Waals surface area contributed by atoms with Crippen molar-refractivity contribution in [3.8, 4) is 0 Å². The minimum atomic E-state index is 0.636. The van der Waals surface area contributed by atoms with E-state index in [2.05, 4.69) is 45.4 Å². The van der Waals surface area contributed by atoms with Gasteiger partial charge in [0, 0.05) is 28.3 Å². The van der Waals surface area contributed by atoms with Gasteiger partial charge in [0.1, 0.15) is 5.82 Å². The van der Waals surface area contributed by atoms with Gasteiger partial charge in [0.15, 0.2) is 0 Å². The number of hydrogen-bond donors (Lipinski definition) is 3. The molecule has 18 heavy (non-hydrogen) atoms. The molecule has 4 N–H and O–H groups in total. The van der Waals surface area contributed by atoms with Crippen LogP contribution in [-0.2, 0) is 0 Å². The fraction of sp³-hybridized carbons (Fsp3) is 0. The standard InChI is InChI=1S/C13H12N4S/c14-17-13-8-11(3-5-15-13)16-10-1-2-12-9(7-10)4-6-18-12/h1-8H,14H2,(H2,15,16,17). The molecule has 0 bridgehead atoms. The van der Waals surface area contributed by atoms with Gasteiger partial charge in [-0.3, -0.25) is 0 Å². The molecule has 0 radical (unpaired) electrons. The summed E-state index contributed by atoms with van der Waals surface area (Å²) in [6.45, 7) is 0. The molecule has 0 saturated heterocycles. The van der Waals surface area contributed by atoms with Gasteiger partial charge in [-0.2, -0.15) is 0 Å². The highest BCUT2D eigenvalue weighted by Crippen LogP contribution is 2.26. The molecule has 5 heteroatoms. The van der Waals surface area contributed by atoms with Gasteiger partial charge >= 0.3 is 0 Å². The monoisotopic (exact) mass is 256 g/mol. The van der Waals surface area contributed by atoms with Crippen molar-refractivity contribution in [1.29, 1.82) is 0 Å². The van der Waals surface area contributed by atoms with Crippen molar-refractivity contribution in [1.82, 2.24) is 4.98 Å². The molecule has 0 aliphatic heterocycles. The Morgan fingerprint density at radius 3 is 2.83 bits per heavy atom. The van der Waals surface area contributed by atoms with E-state index in [4.69, 9.17) is 5.84 Å². The number of fused-ring (bicyclic) bond motifs is 1. The van der Waals surface area contributed by atoms with E-state index in [9.17, 15) is 0 Å². The van der Waals surface area contributed by atoms with Crippen molar-refractivity contribution in [3.05, 3.63) is 48.0 Å². The zero-order valence-electron chi connectivity index (χ0n) is 9.55. The number of nitrogens with zero attached hydrogens (tertiary/aromatic N) is 1. The molecule has 3 aromatic rings. The number of thiophene rings is 1. The van der Waals surface area contributed by atoms with Crippen molar-refractivity contribution in [2.24, 2.45) is 5.84 Å². The summed E-state index contributed by atoms with van der Waals surface area (Å²) in [5.74, 6) is 5.97. The summed E-state index contributed by atoms with van der Waals surface area (Å²) in [5, 5.41) is 6.67. The molecule has 2 aromatic heterocycles. The summed E-state index contributed by atoms with van der Waals surface area (Å²) >= 11 is 1.74. The van der Waals surface area contributed by atoms with Crippen LogP contribution in [0, 0.1) is 0 Å². The summed E-state index contributed by atoms with van der Waals surface area (Å²) in [7, 11) is 0. The van der Waals surface area contributed by atoms with Crippen molar-refractivity contribution >= 4 is 38.6 Å². The maximum Gasteiger partial charge on any atom is 0.141 e. The van der Waals surface area contributed by atoms with E-state index < -0.39 is 0 Å². The smallest absolute Gasteiger partial charge is 0.141 e. The number of pyridine rings is 1. The van der Waals surface area contributed by atoms with Crippen LogP contribution in [0.25, 0.3) is 10.1 Å². The predicted molar refractivity (Wildman–Crippen MR) is 77.2 cm³/mol. The summed E-state index contributed by atoms with van der Waals surface area (Å²) in [4.78, 5) is 4.07. The fourth-order valence-corrected chi connectivity index (χ4v) is 2.57. The molecule has 90 valence electrons. The molecule has 0 saturated carbocycles. The van der Waals surface area contributed by atoms with Crippen molar-refractivity contribution < 1.29 is 0 Å². The fourth-order valence-electron chi connectivity index (χ4n) is 1.80. The lowest BCUT2D eigenvalue weighted by Crippen LogP contribution is -2.08. The molecule has 0 aliphatic carbocycles. The van der Waals surface area contributed by atoms with Crippen LogP contribution in [0.3, 0.4) is 0 Å². The number of hydrogen-bond acceptors (Lipinski definition) is 5. The summed E-state index contributed by atoms with van der Waals surface area (Å²) < 4.78 is 1.29. The Morgan fingerprint density at radius 1 is 1.06 bits per heavy atom. The Bertz CT molecular complexity index is 677. The molecule has 0 atom stereocenters. The zero-order valence-corrected chi connectivity index (χ0v) is 10.4. The number of rotatable bonds is 3. The van der Waals surface area contributed by atoms with Gasteiger partial charge in [-0.25, -0.2) is 10.8 Å². The van der Waals surface area contributed by atoms with Crippen LogP contribution in [-0.4, -0.2) is 4.98 Å². The molecule has 0 amide bonds. The van der Waals surface area contributed by atoms with Gasteiger partial charge in [-0.1, -0.05) is 0 Å². The van der Waals surface area contributed by atoms with Crippen LogP contribution in [0.15, 0.2) is 48.0 Å². The number of aromatic nitrogens is 1. The normalized spacial score (nSPS) is 10.5. The predicted octanol–water partition coefficient (Wildman–Crippen LogP) is 3.33. The maximum absolute atomic E-state index is 5.33. The number of nitrogens with two attached hydrogens (primary N) is 1. The third-order valence-corrected chi connectivity index (χ3v) is 3.55. The third-order valence-electron chi connectivity index (χ3n) is 2.65. The first kappa shape index (κ1) is 11.0. The second-order valence-corrected chi connectivity index (χ2v) is 4.82. The second-order valence-electron chi connectivity index (χ2n) is 3.87. The topological polar surface area (TPSA) is 63.0 Å². The SMILES string of the molecule is NNc1cc(Nc2ccc3sccc3c2)ccn1. The number of nitrogens with one attached hydrogen (secondary N) is 2. The second kappa shape index (κ2) is 4.64. The van der Waals surface area contributed by atoms with Gasteiger partial charge in [0.2, 0.25) is 0 Å². The molecule has 0 spiro atoms. The van der Waals surface area contributed by atoms with Gasteiger partial charge in [0.25, 0.3) is 0 Å². The Hall–Kier alpha value is -2.11. The summed E-state index contributed by atoms with van der Waals surface area (Å²) in [6, 6.07) is 12.2. The molecule has 2 heterocycles. The van der Waals surface area contributed by atoms with Crippen LogP contribution in [0.5, 0.6) is 0 Å². The zero-order chi connectivity index (χ0) is 12.4. The summed E-state index contributed by atoms with van der Waals surface area (Å²) in [6.07, 6.45) is 1.71. The Labute approximate surface area is 108 Å². The first-order chi connectivity index (χ1) is 8.85. The minimum Gasteiger partial charge on any atom is -0.355 e. The average molecular weight is 256 g/mol. The van der Waals surface area contributed by atoms with Gasteiger partial charge < -0.3 is 10.7 Å². The Balaban J connectivity index is 1.90. The lowest BCUT2D eigenvalue weighted by Gasteiger charge is -2.07.